The summed E-state index contributed by atoms with van der Waals surface area (Å²) in [5.41, 5.74) is 5.73. The number of amides is 2. The summed E-state index contributed by atoms with van der Waals surface area (Å²) in [6.07, 6.45) is -0.946. The van der Waals surface area contributed by atoms with E-state index in [9.17, 15) is 22.8 Å². The number of primary amides is 1. The van der Waals surface area contributed by atoms with Crippen LogP contribution < -0.4 is 16.0 Å². The van der Waals surface area contributed by atoms with Crippen molar-refractivity contribution in [2.75, 3.05) is 23.3 Å². The number of pyridine rings is 1. The average molecular weight is 431 g/mol. The molecule has 3 aromatic rings. The Hall–Kier alpha value is -3.56. The number of alkyl halides is 3. The lowest BCUT2D eigenvalue weighted by atomic mass is 9.96. The van der Waals surface area contributed by atoms with Crippen LogP contribution in [0, 0.1) is 5.92 Å². The Balaban J connectivity index is 1.47. The van der Waals surface area contributed by atoms with Gasteiger partial charge in [0.05, 0.1) is 5.56 Å². The molecule has 1 aromatic carbocycles. The largest absolute Gasteiger partial charge is 0.434 e. The minimum atomic E-state index is -4.60. The van der Waals surface area contributed by atoms with E-state index in [1.165, 1.54) is 22.7 Å². The van der Waals surface area contributed by atoms with E-state index < -0.39 is 17.8 Å². The van der Waals surface area contributed by atoms with Crippen molar-refractivity contribution in [3.05, 3.63) is 60.0 Å². The van der Waals surface area contributed by atoms with Gasteiger partial charge in [0.1, 0.15) is 5.65 Å². The van der Waals surface area contributed by atoms with E-state index in [0.29, 0.717) is 31.6 Å². The number of halogens is 3. The van der Waals surface area contributed by atoms with Gasteiger partial charge in [-0.1, -0.05) is 0 Å². The molecule has 2 aromatic heterocycles. The molecule has 0 bridgehead atoms. The predicted molar refractivity (Wildman–Crippen MR) is 109 cm³/mol. The molecule has 2 amide bonds. The maximum Gasteiger partial charge on any atom is 0.434 e. The fourth-order valence-corrected chi connectivity index (χ4v) is 3.70. The number of carbonyl (C=O) groups excluding carboxylic acids is 2. The van der Waals surface area contributed by atoms with Crippen molar-refractivity contribution in [2.24, 2.45) is 11.7 Å². The highest BCUT2D eigenvalue weighted by atomic mass is 19.4. The first-order valence-electron chi connectivity index (χ1n) is 9.73. The highest BCUT2D eigenvalue weighted by Crippen LogP contribution is 2.29. The summed E-state index contributed by atoms with van der Waals surface area (Å²) in [5.74, 6) is -0.925. The van der Waals surface area contributed by atoms with Crippen molar-refractivity contribution in [1.29, 1.82) is 0 Å². The van der Waals surface area contributed by atoms with Gasteiger partial charge in [0.15, 0.2) is 5.69 Å². The van der Waals surface area contributed by atoms with Crippen LogP contribution in [-0.4, -0.2) is 34.3 Å². The molecule has 10 heteroatoms. The summed E-state index contributed by atoms with van der Waals surface area (Å²) in [6.45, 7) is 1.42. The predicted octanol–water partition coefficient (Wildman–Crippen LogP) is 3.31. The minimum Gasteiger partial charge on any atom is -0.371 e. The second-order valence-electron chi connectivity index (χ2n) is 7.44. The second kappa shape index (κ2) is 7.93. The smallest absolute Gasteiger partial charge is 0.371 e. The molecule has 162 valence electrons. The standard InChI is InChI=1S/C21H20F3N5O2/c22-21(23,24)17-12-29-9-1-2-16(19(29)27-17)20(31)26-14-3-5-15(6-4-14)28-10-7-13(8-11-28)18(25)30/h1-6,9,12-13H,7-8,10-11H2,(H2,25,30)(H,26,31). The highest BCUT2D eigenvalue weighted by molar-refractivity contribution is 6.08. The summed E-state index contributed by atoms with van der Waals surface area (Å²) in [6, 6.07) is 10.0. The maximum absolute atomic E-state index is 13.0. The summed E-state index contributed by atoms with van der Waals surface area (Å²) >= 11 is 0. The molecular formula is C21H20F3N5O2. The zero-order valence-corrected chi connectivity index (χ0v) is 16.4. The second-order valence-corrected chi connectivity index (χ2v) is 7.44. The number of rotatable bonds is 4. The average Bonchev–Trinajstić information content (AvgIpc) is 3.19. The molecular weight excluding hydrogens is 411 g/mol. The highest BCUT2D eigenvalue weighted by Gasteiger charge is 2.34. The lowest BCUT2D eigenvalue weighted by molar-refractivity contribution is -0.140. The summed E-state index contributed by atoms with van der Waals surface area (Å²) in [5, 5.41) is 2.70. The number of fused-ring (bicyclic) bond motifs is 1. The van der Waals surface area contributed by atoms with E-state index in [4.69, 9.17) is 5.73 Å². The van der Waals surface area contributed by atoms with E-state index in [-0.39, 0.29) is 23.0 Å². The minimum absolute atomic E-state index is 0.0376. The van der Waals surface area contributed by atoms with Crippen molar-refractivity contribution in [2.45, 2.75) is 19.0 Å². The van der Waals surface area contributed by atoms with Crippen LogP contribution in [0.15, 0.2) is 48.8 Å². The van der Waals surface area contributed by atoms with Gasteiger partial charge in [0.25, 0.3) is 5.91 Å². The molecule has 3 N–H and O–H groups in total. The number of nitrogens with two attached hydrogens (primary N) is 1. The number of imidazole rings is 1. The number of aromatic nitrogens is 2. The number of hydrogen-bond donors (Lipinski definition) is 2. The van der Waals surface area contributed by atoms with Crippen molar-refractivity contribution in [1.82, 2.24) is 9.38 Å². The number of hydrogen-bond acceptors (Lipinski definition) is 4. The lowest BCUT2D eigenvalue weighted by Gasteiger charge is -2.32. The normalized spacial score (nSPS) is 15.3. The van der Waals surface area contributed by atoms with Gasteiger partial charge in [0, 0.05) is 42.8 Å². The molecule has 0 saturated carbocycles. The fraction of sp³-hybridized carbons (Fsp3) is 0.286. The van der Waals surface area contributed by atoms with Crippen molar-refractivity contribution in [3.63, 3.8) is 0 Å². The first kappa shape index (κ1) is 20.7. The third-order valence-corrected chi connectivity index (χ3v) is 5.41. The van der Waals surface area contributed by atoms with Crippen molar-refractivity contribution >= 4 is 28.8 Å². The number of anilines is 2. The third kappa shape index (κ3) is 4.32. The van der Waals surface area contributed by atoms with E-state index in [1.807, 2.05) is 12.1 Å². The molecule has 0 aliphatic carbocycles. The lowest BCUT2D eigenvalue weighted by Crippen LogP contribution is -2.38. The van der Waals surface area contributed by atoms with Crippen LogP contribution in [0.2, 0.25) is 0 Å². The van der Waals surface area contributed by atoms with Gasteiger partial charge in [0.2, 0.25) is 5.91 Å². The zero-order chi connectivity index (χ0) is 22.2. The van der Waals surface area contributed by atoms with Crippen LogP contribution in [-0.2, 0) is 11.0 Å². The number of piperidine rings is 1. The van der Waals surface area contributed by atoms with Crippen molar-refractivity contribution in [3.8, 4) is 0 Å². The topological polar surface area (TPSA) is 92.7 Å². The van der Waals surface area contributed by atoms with Crippen LogP contribution >= 0.6 is 0 Å². The molecule has 1 aliphatic rings. The molecule has 1 saturated heterocycles. The van der Waals surface area contributed by atoms with Gasteiger partial charge < -0.3 is 20.4 Å². The zero-order valence-electron chi connectivity index (χ0n) is 16.4. The van der Waals surface area contributed by atoms with E-state index >= 15 is 0 Å². The fourth-order valence-electron chi connectivity index (χ4n) is 3.70. The Morgan fingerprint density at radius 1 is 1.10 bits per heavy atom. The number of benzene rings is 1. The molecule has 4 rings (SSSR count). The Morgan fingerprint density at radius 2 is 1.77 bits per heavy atom. The van der Waals surface area contributed by atoms with Gasteiger partial charge >= 0.3 is 6.18 Å². The Kier molecular flexibility index (Phi) is 5.30. The van der Waals surface area contributed by atoms with E-state index in [2.05, 4.69) is 15.2 Å². The van der Waals surface area contributed by atoms with Gasteiger partial charge in [-0.15, -0.1) is 0 Å². The van der Waals surface area contributed by atoms with Crippen LogP contribution in [0.25, 0.3) is 5.65 Å². The summed E-state index contributed by atoms with van der Waals surface area (Å²) < 4.78 is 40.0. The first-order chi connectivity index (χ1) is 14.7. The van der Waals surface area contributed by atoms with Crippen LogP contribution in [0.5, 0.6) is 0 Å². The van der Waals surface area contributed by atoms with Gasteiger partial charge in [-0.2, -0.15) is 13.2 Å². The van der Waals surface area contributed by atoms with Crippen LogP contribution in [0.4, 0.5) is 24.5 Å². The molecule has 0 unspecified atom stereocenters. The molecule has 0 spiro atoms. The van der Waals surface area contributed by atoms with Gasteiger partial charge in [-0.3, -0.25) is 9.59 Å². The van der Waals surface area contributed by atoms with Crippen molar-refractivity contribution < 1.29 is 22.8 Å². The number of nitrogens with one attached hydrogen (secondary N) is 1. The van der Waals surface area contributed by atoms with E-state index in [0.717, 1.165) is 11.9 Å². The molecule has 0 atom stereocenters. The van der Waals surface area contributed by atoms with Crippen LogP contribution in [0.3, 0.4) is 0 Å². The Morgan fingerprint density at radius 3 is 2.39 bits per heavy atom. The Bertz CT molecular complexity index is 1120. The van der Waals surface area contributed by atoms with E-state index in [1.54, 1.807) is 12.1 Å². The number of carbonyl (C=O) groups is 2. The molecule has 1 fully saturated rings. The molecule has 31 heavy (non-hydrogen) atoms. The maximum atomic E-state index is 13.0. The van der Waals surface area contributed by atoms with Gasteiger partial charge in [-0.25, -0.2) is 4.98 Å². The summed E-state index contributed by atoms with van der Waals surface area (Å²) in [4.78, 5) is 29.7. The molecule has 0 radical (unpaired) electrons. The van der Waals surface area contributed by atoms with Crippen LogP contribution in [0.1, 0.15) is 28.9 Å². The number of nitrogens with zero attached hydrogens (tertiary/aromatic N) is 3. The molecule has 3 heterocycles. The first-order valence-corrected chi connectivity index (χ1v) is 9.73. The third-order valence-electron chi connectivity index (χ3n) is 5.41. The summed E-state index contributed by atoms with van der Waals surface area (Å²) in [7, 11) is 0. The Labute approximate surface area is 175 Å². The quantitative estimate of drug-likeness (QED) is 0.663. The monoisotopic (exact) mass is 431 g/mol. The molecule has 1 aliphatic heterocycles. The SMILES string of the molecule is NC(=O)C1CCN(c2ccc(NC(=O)c3cccn4cc(C(F)(F)F)nc34)cc2)CC1. The molecule has 7 nitrogen and oxygen atoms in total. The van der Waals surface area contributed by atoms with Gasteiger partial charge in [-0.05, 0) is 49.2 Å².